The van der Waals surface area contributed by atoms with Crippen molar-refractivity contribution in [1.29, 1.82) is 5.26 Å². The number of aliphatic hydroxyl groups is 1. The standard InChI is InChI=1S/C25H22N2O/c1-19-4-10-22(11-5-19)27(23-12-6-20(2)7-13-23)24-14-8-21(9-15-24)25(3,18-26)16-17-28/h4-15,28H,1-3H3. The molecule has 3 nitrogen and oxygen atoms in total. The third-order valence-electron chi connectivity index (χ3n) is 4.82. The molecule has 3 heteroatoms. The van der Waals surface area contributed by atoms with Gasteiger partial charge in [-0.1, -0.05) is 47.5 Å². The van der Waals surface area contributed by atoms with Crippen LogP contribution in [0, 0.1) is 37.2 Å². The first-order chi connectivity index (χ1) is 13.5. The SMILES string of the molecule is Cc1ccc(N(c2ccc(C)cc2)c2ccc(C(C)(C#N)C#CO)cc2)cc1. The van der Waals surface area contributed by atoms with Crippen LogP contribution in [-0.4, -0.2) is 5.11 Å². The lowest BCUT2D eigenvalue weighted by molar-refractivity contribution is 0.514. The zero-order valence-electron chi connectivity index (χ0n) is 16.3. The molecule has 0 aliphatic carbocycles. The van der Waals surface area contributed by atoms with Gasteiger partial charge in [-0.05, 0) is 68.7 Å². The number of aliphatic hydroxyl groups excluding tert-OH is 1. The Bertz CT molecular complexity index is 1000. The van der Waals surface area contributed by atoms with Gasteiger partial charge in [0, 0.05) is 17.1 Å². The van der Waals surface area contributed by atoms with E-state index in [-0.39, 0.29) is 0 Å². The summed E-state index contributed by atoms with van der Waals surface area (Å²) >= 11 is 0. The largest absolute Gasteiger partial charge is 0.462 e. The number of aryl methyl sites for hydroxylation is 2. The minimum Gasteiger partial charge on any atom is -0.462 e. The highest BCUT2D eigenvalue weighted by Gasteiger charge is 2.24. The van der Waals surface area contributed by atoms with Gasteiger partial charge in [0.05, 0.1) is 6.07 Å². The normalized spacial score (nSPS) is 12.2. The van der Waals surface area contributed by atoms with E-state index in [9.17, 15) is 5.26 Å². The third kappa shape index (κ3) is 3.85. The lowest BCUT2D eigenvalue weighted by Gasteiger charge is -2.26. The van der Waals surface area contributed by atoms with Gasteiger partial charge in [-0.2, -0.15) is 5.26 Å². The molecular formula is C25H22N2O. The Labute approximate surface area is 166 Å². The zero-order valence-corrected chi connectivity index (χ0v) is 16.3. The van der Waals surface area contributed by atoms with Crippen molar-refractivity contribution in [2.45, 2.75) is 26.2 Å². The molecule has 3 aromatic rings. The molecule has 1 N–H and O–H groups in total. The summed E-state index contributed by atoms with van der Waals surface area (Å²) in [5.41, 5.74) is 5.19. The van der Waals surface area contributed by atoms with E-state index in [1.165, 1.54) is 11.1 Å². The van der Waals surface area contributed by atoms with Gasteiger partial charge in [0.25, 0.3) is 0 Å². The molecule has 0 fully saturated rings. The summed E-state index contributed by atoms with van der Waals surface area (Å²) in [6.07, 6.45) is 1.87. The molecule has 0 aliphatic heterocycles. The molecule has 28 heavy (non-hydrogen) atoms. The zero-order chi connectivity index (χ0) is 20.1. The lowest BCUT2D eigenvalue weighted by Crippen LogP contribution is -2.17. The van der Waals surface area contributed by atoms with Crippen LogP contribution >= 0.6 is 0 Å². The summed E-state index contributed by atoms with van der Waals surface area (Å²) in [5, 5.41) is 18.4. The quantitative estimate of drug-likeness (QED) is 0.586. The molecule has 0 heterocycles. The van der Waals surface area contributed by atoms with E-state index >= 15 is 0 Å². The second-order valence-corrected chi connectivity index (χ2v) is 7.03. The number of benzene rings is 3. The summed E-state index contributed by atoms with van der Waals surface area (Å²) in [7, 11) is 0. The van der Waals surface area contributed by atoms with Crippen molar-refractivity contribution >= 4 is 17.1 Å². The van der Waals surface area contributed by atoms with E-state index in [2.05, 4.69) is 79.3 Å². The van der Waals surface area contributed by atoms with Crippen molar-refractivity contribution in [3.8, 4) is 18.1 Å². The molecule has 0 spiro atoms. The molecule has 3 rings (SSSR count). The Balaban J connectivity index is 2.08. The van der Waals surface area contributed by atoms with Crippen molar-refractivity contribution in [3.63, 3.8) is 0 Å². The predicted octanol–water partition coefficient (Wildman–Crippen LogP) is 5.89. The Morgan fingerprint density at radius 3 is 1.50 bits per heavy atom. The first kappa shape index (κ1) is 19.1. The van der Waals surface area contributed by atoms with E-state index in [0.29, 0.717) is 0 Å². The van der Waals surface area contributed by atoms with Gasteiger partial charge in [0.2, 0.25) is 0 Å². The Morgan fingerprint density at radius 2 is 1.14 bits per heavy atom. The molecule has 3 aromatic carbocycles. The molecule has 0 radical (unpaired) electrons. The van der Waals surface area contributed by atoms with Crippen molar-refractivity contribution in [1.82, 2.24) is 0 Å². The van der Waals surface area contributed by atoms with Crippen LogP contribution in [0.2, 0.25) is 0 Å². The molecule has 138 valence electrons. The van der Waals surface area contributed by atoms with Gasteiger partial charge in [-0.25, -0.2) is 0 Å². The number of rotatable bonds is 4. The average Bonchev–Trinajstić information content (AvgIpc) is 2.71. The van der Waals surface area contributed by atoms with E-state index in [4.69, 9.17) is 5.11 Å². The molecule has 1 atom stereocenters. The first-order valence-electron chi connectivity index (χ1n) is 9.08. The summed E-state index contributed by atoms with van der Waals surface area (Å²) in [6.45, 7) is 5.84. The topological polar surface area (TPSA) is 47.3 Å². The fourth-order valence-corrected chi connectivity index (χ4v) is 3.06. The van der Waals surface area contributed by atoms with Crippen molar-refractivity contribution in [2.24, 2.45) is 0 Å². The third-order valence-corrected chi connectivity index (χ3v) is 4.82. The lowest BCUT2D eigenvalue weighted by atomic mass is 9.85. The Kier molecular flexibility index (Phi) is 5.39. The predicted molar refractivity (Wildman–Crippen MR) is 113 cm³/mol. The summed E-state index contributed by atoms with van der Waals surface area (Å²) in [5.74, 6) is 2.58. The van der Waals surface area contributed by atoms with Crippen LogP contribution in [-0.2, 0) is 5.41 Å². The fraction of sp³-hybridized carbons (Fsp3) is 0.160. The van der Waals surface area contributed by atoms with Crippen molar-refractivity contribution < 1.29 is 5.11 Å². The summed E-state index contributed by atoms with van der Waals surface area (Å²) in [4.78, 5) is 2.17. The monoisotopic (exact) mass is 366 g/mol. The van der Waals surface area contributed by atoms with Gasteiger partial charge in [-0.3, -0.25) is 0 Å². The molecule has 0 saturated carbocycles. The maximum absolute atomic E-state index is 9.48. The van der Waals surface area contributed by atoms with E-state index in [1.54, 1.807) is 6.92 Å². The van der Waals surface area contributed by atoms with Gasteiger partial charge in [-0.15, -0.1) is 0 Å². The Hall–Kier alpha value is -3.69. The number of anilines is 3. The molecule has 1 unspecified atom stereocenters. The molecule has 0 amide bonds. The molecule has 0 bridgehead atoms. The van der Waals surface area contributed by atoms with Gasteiger partial charge >= 0.3 is 0 Å². The second kappa shape index (κ2) is 7.91. The number of hydrogen-bond acceptors (Lipinski definition) is 3. The Morgan fingerprint density at radius 1 is 0.750 bits per heavy atom. The minimum atomic E-state index is -1.05. The first-order valence-corrected chi connectivity index (χ1v) is 9.08. The van der Waals surface area contributed by atoms with E-state index in [0.717, 1.165) is 22.6 Å². The second-order valence-electron chi connectivity index (χ2n) is 7.03. The van der Waals surface area contributed by atoms with Crippen LogP contribution in [0.15, 0.2) is 72.8 Å². The average molecular weight is 366 g/mol. The summed E-state index contributed by atoms with van der Waals surface area (Å²) < 4.78 is 0. The van der Waals surface area contributed by atoms with Crippen LogP contribution in [0.4, 0.5) is 17.1 Å². The van der Waals surface area contributed by atoms with Crippen LogP contribution < -0.4 is 4.90 Å². The minimum absolute atomic E-state index is 0.744. The van der Waals surface area contributed by atoms with Gasteiger partial charge < -0.3 is 10.0 Å². The maximum Gasteiger partial charge on any atom is 0.143 e. The maximum atomic E-state index is 9.48. The highest BCUT2D eigenvalue weighted by Crippen LogP contribution is 2.35. The van der Waals surface area contributed by atoms with Crippen LogP contribution in [0.25, 0.3) is 0 Å². The van der Waals surface area contributed by atoms with Gasteiger partial charge in [0.1, 0.15) is 11.5 Å². The van der Waals surface area contributed by atoms with Gasteiger partial charge in [0.15, 0.2) is 0 Å². The smallest absolute Gasteiger partial charge is 0.143 e. The van der Waals surface area contributed by atoms with E-state index in [1.807, 2.05) is 30.4 Å². The van der Waals surface area contributed by atoms with Crippen LogP contribution in [0.3, 0.4) is 0 Å². The number of hydrogen-bond donors (Lipinski definition) is 1. The molecule has 0 aliphatic rings. The fourth-order valence-electron chi connectivity index (χ4n) is 3.06. The number of nitrogens with zero attached hydrogens (tertiary/aromatic N) is 2. The van der Waals surface area contributed by atoms with Crippen molar-refractivity contribution in [2.75, 3.05) is 4.90 Å². The van der Waals surface area contributed by atoms with E-state index < -0.39 is 5.41 Å². The molecule has 0 aromatic heterocycles. The molecular weight excluding hydrogens is 344 g/mol. The van der Waals surface area contributed by atoms with Crippen LogP contribution in [0.1, 0.15) is 23.6 Å². The molecule has 0 saturated heterocycles. The highest BCUT2D eigenvalue weighted by molar-refractivity contribution is 5.76. The number of nitriles is 1. The van der Waals surface area contributed by atoms with Crippen LogP contribution in [0.5, 0.6) is 0 Å². The summed E-state index contributed by atoms with van der Waals surface area (Å²) in [6, 6.07) is 26.7. The highest BCUT2D eigenvalue weighted by atomic mass is 16.2. The van der Waals surface area contributed by atoms with Crippen molar-refractivity contribution in [3.05, 3.63) is 89.5 Å².